The highest BCUT2D eigenvalue weighted by Crippen LogP contribution is 2.40. The van der Waals surface area contributed by atoms with Gasteiger partial charge in [-0.2, -0.15) is 0 Å². The topological polar surface area (TPSA) is 88.1 Å². The van der Waals surface area contributed by atoms with E-state index in [4.69, 9.17) is 18.9 Å². The van der Waals surface area contributed by atoms with Gasteiger partial charge in [0.15, 0.2) is 6.10 Å². The van der Waals surface area contributed by atoms with Crippen LogP contribution in [0.1, 0.15) is 34.1 Å². The van der Waals surface area contributed by atoms with E-state index < -0.39 is 35.7 Å². The number of hydrogen-bond acceptors (Lipinski definition) is 7. The van der Waals surface area contributed by atoms with Gasteiger partial charge in [0.05, 0.1) is 13.2 Å². The molecular weight excluding hydrogens is 268 g/mol. The first-order valence-corrected chi connectivity index (χ1v) is 6.51. The number of hydrogen-bond donors (Lipinski definition) is 0. The molecule has 1 heterocycles. The molecule has 0 bridgehead atoms. The van der Waals surface area contributed by atoms with E-state index in [1.54, 1.807) is 13.8 Å². The number of ether oxygens (including phenoxy) is 4. The van der Waals surface area contributed by atoms with E-state index in [2.05, 4.69) is 0 Å². The maximum absolute atomic E-state index is 12.1. The van der Waals surface area contributed by atoms with Crippen molar-refractivity contribution in [3.8, 4) is 0 Å². The number of esters is 3. The molecule has 1 fully saturated rings. The first kappa shape index (κ1) is 16.4. The summed E-state index contributed by atoms with van der Waals surface area (Å²) in [6, 6.07) is 0. The van der Waals surface area contributed by atoms with Crippen LogP contribution in [-0.4, -0.2) is 43.5 Å². The van der Waals surface area contributed by atoms with Crippen LogP contribution in [0.3, 0.4) is 0 Å². The van der Waals surface area contributed by atoms with Crippen molar-refractivity contribution < 1.29 is 33.3 Å². The Labute approximate surface area is 117 Å². The summed E-state index contributed by atoms with van der Waals surface area (Å²) in [4.78, 5) is 34.9. The predicted octanol–water partition coefficient (Wildman–Crippen LogP) is 0.797. The highest BCUT2D eigenvalue weighted by molar-refractivity contribution is 5.87. The molecular formula is C13H20O7. The summed E-state index contributed by atoms with van der Waals surface area (Å²) in [5, 5.41) is 0. The molecule has 0 amide bonds. The average Bonchev–Trinajstić information content (AvgIpc) is 2.67. The largest absolute Gasteiger partial charge is 0.465 e. The molecule has 1 saturated heterocycles. The number of carbonyl (C=O) groups excluding carboxylic acids is 3. The summed E-state index contributed by atoms with van der Waals surface area (Å²) in [6.45, 7) is 6.43. The third-order valence-electron chi connectivity index (χ3n) is 3.00. The van der Waals surface area contributed by atoms with E-state index >= 15 is 0 Å². The SMILES string of the molecule is CCOC(=O)C1OC(OC(C)=O)CC1(C)C(=O)OCC. The third kappa shape index (κ3) is 3.47. The van der Waals surface area contributed by atoms with Gasteiger partial charge in [-0.3, -0.25) is 9.59 Å². The molecule has 20 heavy (non-hydrogen) atoms. The molecule has 3 unspecified atom stereocenters. The zero-order valence-electron chi connectivity index (χ0n) is 12.1. The van der Waals surface area contributed by atoms with Crippen LogP contribution in [0.2, 0.25) is 0 Å². The van der Waals surface area contributed by atoms with Crippen molar-refractivity contribution in [1.82, 2.24) is 0 Å². The first-order valence-electron chi connectivity index (χ1n) is 6.51. The zero-order valence-corrected chi connectivity index (χ0v) is 12.1. The summed E-state index contributed by atoms with van der Waals surface area (Å²) < 4.78 is 20.1. The smallest absolute Gasteiger partial charge is 0.336 e. The van der Waals surface area contributed by atoms with Gasteiger partial charge in [-0.05, 0) is 20.8 Å². The maximum atomic E-state index is 12.1. The van der Waals surface area contributed by atoms with E-state index in [0.717, 1.165) is 0 Å². The molecule has 114 valence electrons. The van der Waals surface area contributed by atoms with Gasteiger partial charge in [0, 0.05) is 13.3 Å². The molecule has 3 atom stereocenters. The summed E-state index contributed by atoms with van der Waals surface area (Å²) in [5.41, 5.74) is -1.23. The Balaban J connectivity index is 2.93. The lowest BCUT2D eigenvalue weighted by molar-refractivity contribution is -0.186. The van der Waals surface area contributed by atoms with Crippen LogP contribution in [0, 0.1) is 5.41 Å². The third-order valence-corrected chi connectivity index (χ3v) is 3.00. The summed E-state index contributed by atoms with van der Waals surface area (Å²) in [6.07, 6.45) is -2.06. The second-order valence-electron chi connectivity index (χ2n) is 4.65. The van der Waals surface area contributed by atoms with Crippen LogP contribution >= 0.6 is 0 Å². The summed E-state index contributed by atoms with van der Waals surface area (Å²) in [7, 11) is 0. The molecule has 0 aromatic carbocycles. The van der Waals surface area contributed by atoms with E-state index in [9.17, 15) is 14.4 Å². The second-order valence-corrected chi connectivity index (χ2v) is 4.65. The molecule has 0 radical (unpaired) electrons. The predicted molar refractivity (Wildman–Crippen MR) is 66.4 cm³/mol. The fourth-order valence-corrected chi connectivity index (χ4v) is 2.08. The fourth-order valence-electron chi connectivity index (χ4n) is 2.08. The van der Waals surface area contributed by atoms with Crippen molar-refractivity contribution in [2.45, 2.75) is 46.5 Å². The highest BCUT2D eigenvalue weighted by atomic mass is 16.7. The Morgan fingerprint density at radius 1 is 1.20 bits per heavy atom. The van der Waals surface area contributed by atoms with Crippen molar-refractivity contribution in [1.29, 1.82) is 0 Å². The Kier molecular flexibility index (Phi) is 5.50. The van der Waals surface area contributed by atoms with Crippen LogP contribution in [0.25, 0.3) is 0 Å². The molecule has 0 aliphatic carbocycles. The van der Waals surface area contributed by atoms with Gasteiger partial charge in [-0.1, -0.05) is 0 Å². The Morgan fingerprint density at radius 2 is 1.80 bits per heavy atom. The number of carbonyl (C=O) groups is 3. The molecule has 7 nitrogen and oxygen atoms in total. The maximum Gasteiger partial charge on any atom is 0.336 e. The van der Waals surface area contributed by atoms with Crippen molar-refractivity contribution in [2.24, 2.45) is 5.41 Å². The zero-order chi connectivity index (χ0) is 15.3. The minimum atomic E-state index is -1.23. The minimum absolute atomic E-state index is 0.0505. The average molecular weight is 288 g/mol. The van der Waals surface area contributed by atoms with Crippen LogP contribution in [0.15, 0.2) is 0 Å². The standard InChI is InChI=1S/C13H20O7/c1-5-17-11(15)10-13(4,12(16)18-6-2)7-9(20-10)19-8(3)14/h9-10H,5-7H2,1-4H3. The van der Waals surface area contributed by atoms with Crippen LogP contribution in [0.4, 0.5) is 0 Å². The van der Waals surface area contributed by atoms with Crippen molar-refractivity contribution in [3.05, 3.63) is 0 Å². The molecule has 0 N–H and O–H groups in total. The monoisotopic (exact) mass is 288 g/mol. The van der Waals surface area contributed by atoms with Gasteiger partial charge in [-0.15, -0.1) is 0 Å². The van der Waals surface area contributed by atoms with Gasteiger partial charge in [0.1, 0.15) is 5.41 Å². The minimum Gasteiger partial charge on any atom is -0.465 e. The molecule has 7 heteroatoms. The van der Waals surface area contributed by atoms with Gasteiger partial charge >= 0.3 is 17.9 Å². The molecule has 0 saturated carbocycles. The Morgan fingerprint density at radius 3 is 2.30 bits per heavy atom. The Bertz CT molecular complexity index is 392. The van der Waals surface area contributed by atoms with E-state index in [-0.39, 0.29) is 19.6 Å². The van der Waals surface area contributed by atoms with Crippen molar-refractivity contribution in [2.75, 3.05) is 13.2 Å². The quantitative estimate of drug-likeness (QED) is 0.546. The summed E-state index contributed by atoms with van der Waals surface area (Å²) >= 11 is 0. The molecule has 1 rings (SSSR count). The van der Waals surface area contributed by atoms with E-state index in [0.29, 0.717) is 0 Å². The van der Waals surface area contributed by atoms with Gasteiger partial charge in [0.2, 0.25) is 6.29 Å². The molecule has 1 aliphatic rings. The molecule has 0 aromatic rings. The molecule has 1 aliphatic heterocycles. The Hall–Kier alpha value is -1.63. The lowest BCUT2D eigenvalue weighted by Crippen LogP contribution is -2.43. The van der Waals surface area contributed by atoms with Gasteiger partial charge in [-0.25, -0.2) is 4.79 Å². The molecule has 0 aromatic heterocycles. The first-order chi connectivity index (χ1) is 9.35. The molecule has 0 spiro atoms. The van der Waals surface area contributed by atoms with Crippen molar-refractivity contribution >= 4 is 17.9 Å². The van der Waals surface area contributed by atoms with Gasteiger partial charge in [0.25, 0.3) is 0 Å². The highest BCUT2D eigenvalue weighted by Gasteiger charge is 2.56. The lowest BCUT2D eigenvalue weighted by Gasteiger charge is -2.25. The van der Waals surface area contributed by atoms with E-state index in [1.807, 2.05) is 0 Å². The number of rotatable bonds is 5. The fraction of sp³-hybridized carbons (Fsp3) is 0.769. The van der Waals surface area contributed by atoms with Gasteiger partial charge < -0.3 is 18.9 Å². The van der Waals surface area contributed by atoms with Crippen molar-refractivity contribution in [3.63, 3.8) is 0 Å². The second kappa shape index (κ2) is 6.69. The van der Waals surface area contributed by atoms with Crippen LogP contribution in [-0.2, 0) is 33.3 Å². The normalized spacial score (nSPS) is 28.8. The van der Waals surface area contributed by atoms with Crippen LogP contribution < -0.4 is 0 Å². The van der Waals surface area contributed by atoms with E-state index in [1.165, 1.54) is 13.8 Å². The lowest BCUT2D eigenvalue weighted by atomic mass is 9.83. The summed E-state index contributed by atoms with van der Waals surface area (Å²) in [5.74, 6) is -1.80. The van der Waals surface area contributed by atoms with Crippen LogP contribution in [0.5, 0.6) is 0 Å².